The highest BCUT2D eigenvalue weighted by Gasteiger charge is 2.11. The predicted molar refractivity (Wildman–Crippen MR) is 81.0 cm³/mol. The van der Waals surface area contributed by atoms with Crippen LogP contribution in [0.15, 0.2) is 18.2 Å². The Labute approximate surface area is 121 Å². The van der Waals surface area contributed by atoms with Gasteiger partial charge in [-0.15, -0.1) is 0 Å². The van der Waals surface area contributed by atoms with Gasteiger partial charge in [-0.25, -0.2) is 0 Å². The Bertz CT molecular complexity index is 386. The summed E-state index contributed by atoms with van der Waals surface area (Å²) in [7, 11) is 1.65. The van der Waals surface area contributed by atoms with E-state index in [1.165, 1.54) is 50.5 Å². The zero-order chi connectivity index (χ0) is 13.5. The zero-order valence-corrected chi connectivity index (χ0v) is 12.5. The van der Waals surface area contributed by atoms with E-state index in [1.54, 1.807) is 7.11 Å². The molecule has 0 atom stereocenters. The molecule has 0 radical (unpaired) electrons. The van der Waals surface area contributed by atoms with Gasteiger partial charge in [0.05, 0.1) is 12.1 Å². The molecule has 1 aromatic carbocycles. The Morgan fingerprint density at radius 3 is 2.47 bits per heavy atom. The molecule has 2 nitrogen and oxygen atoms in total. The van der Waals surface area contributed by atoms with E-state index in [0.29, 0.717) is 11.1 Å². The highest BCUT2D eigenvalue weighted by Crippen LogP contribution is 2.25. The van der Waals surface area contributed by atoms with Gasteiger partial charge in [0.15, 0.2) is 0 Å². The van der Waals surface area contributed by atoms with Gasteiger partial charge in [0.25, 0.3) is 0 Å². The molecule has 2 rings (SSSR count). The molecule has 0 saturated heterocycles. The normalized spacial score (nSPS) is 17.8. The van der Waals surface area contributed by atoms with Crippen LogP contribution < -0.4 is 10.1 Å². The molecule has 1 aromatic rings. The van der Waals surface area contributed by atoms with E-state index in [4.69, 9.17) is 16.3 Å². The van der Waals surface area contributed by atoms with Crippen molar-refractivity contribution in [3.63, 3.8) is 0 Å². The third kappa shape index (κ3) is 4.70. The molecule has 0 heterocycles. The van der Waals surface area contributed by atoms with Gasteiger partial charge < -0.3 is 10.1 Å². The van der Waals surface area contributed by atoms with Crippen LogP contribution in [0.3, 0.4) is 0 Å². The molecule has 0 aliphatic heterocycles. The minimum Gasteiger partial charge on any atom is -0.495 e. The van der Waals surface area contributed by atoms with E-state index in [1.807, 2.05) is 12.1 Å². The third-order valence-electron chi connectivity index (χ3n) is 3.92. The standard InChI is InChI=1S/C16H24ClNO/c1-19-16-10-9-13(11-15(16)17)12-18-14-7-5-3-2-4-6-8-14/h9-11,14,18H,2-8,12H2,1H3. The number of nitrogens with one attached hydrogen (secondary N) is 1. The van der Waals surface area contributed by atoms with Crippen molar-refractivity contribution in [2.24, 2.45) is 0 Å². The van der Waals surface area contributed by atoms with Gasteiger partial charge in [0.1, 0.15) is 5.75 Å². The Balaban J connectivity index is 1.85. The third-order valence-corrected chi connectivity index (χ3v) is 4.21. The topological polar surface area (TPSA) is 21.3 Å². The van der Waals surface area contributed by atoms with Crippen molar-refractivity contribution in [3.05, 3.63) is 28.8 Å². The fourth-order valence-electron chi connectivity index (χ4n) is 2.74. The SMILES string of the molecule is COc1ccc(CNC2CCCCCCC2)cc1Cl. The first kappa shape index (κ1) is 14.7. The van der Waals surface area contributed by atoms with Crippen LogP contribution in [0.5, 0.6) is 5.75 Å². The highest BCUT2D eigenvalue weighted by molar-refractivity contribution is 6.32. The van der Waals surface area contributed by atoms with Gasteiger partial charge in [0.2, 0.25) is 0 Å². The second-order valence-corrected chi connectivity index (χ2v) is 5.80. The summed E-state index contributed by atoms with van der Waals surface area (Å²) in [6.07, 6.45) is 9.55. The molecule has 0 bridgehead atoms. The maximum Gasteiger partial charge on any atom is 0.137 e. The summed E-state index contributed by atoms with van der Waals surface area (Å²) in [5.41, 5.74) is 1.23. The summed E-state index contributed by atoms with van der Waals surface area (Å²) < 4.78 is 5.17. The summed E-state index contributed by atoms with van der Waals surface area (Å²) in [6, 6.07) is 6.69. The largest absolute Gasteiger partial charge is 0.495 e. The Morgan fingerprint density at radius 1 is 1.16 bits per heavy atom. The van der Waals surface area contributed by atoms with Crippen molar-refractivity contribution in [2.75, 3.05) is 7.11 Å². The number of benzene rings is 1. The average molecular weight is 282 g/mol. The molecule has 0 amide bonds. The quantitative estimate of drug-likeness (QED) is 0.874. The lowest BCUT2D eigenvalue weighted by atomic mass is 9.96. The second-order valence-electron chi connectivity index (χ2n) is 5.39. The van der Waals surface area contributed by atoms with E-state index in [2.05, 4.69) is 11.4 Å². The van der Waals surface area contributed by atoms with Crippen LogP contribution in [0.2, 0.25) is 5.02 Å². The Kier molecular flexibility index (Phi) is 5.99. The van der Waals surface area contributed by atoms with Crippen molar-refractivity contribution >= 4 is 11.6 Å². The maximum atomic E-state index is 6.15. The van der Waals surface area contributed by atoms with Gasteiger partial charge in [0, 0.05) is 12.6 Å². The smallest absolute Gasteiger partial charge is 0.137 e. The highest BCUT2D eigenvalue weighted by atomic mass is 35.5. The molecule has 1 fully saturated rings. The molecule has 1 N–H and O–H groups in total. The number of methoxy groups -OCH3 is 1. The van der Waals surface area contributed by atoms with Crippen molar-refractivity contribution < 1.29 is 4.74 Å². The Morgan fingerprint density at radius 2 is 1.84 bits per heavy atom. The van der Waals surface area contributed by atoms with E-state index in [9.17, 15) is 0 Å². The zero-order valence-electron chi connectivity index (χ0n) is 11.8. The fourth-order valence-corrected chi connectivity index (χ4v) is 3.02. The molecule has 19 heavy (non-hydrogen) atoms. The van der Waals surface area contributed by atoms with Crippen LogP contribution in [-0.4, -0.2) is 13.2 Å². The number of hydrogen-bond acceptors (Lipinski definition) is 2. The molecule has 106 valence electrons. The average Bonchev–Trinajstić information content (AvgIpc) is 2.37. The fraction of sp³-hybridized carbons (Fsp3) is 0.625. The van der Waals surface area contributed by atoms with Crippen LogP contribution in [-0.2, 0) is 6.54 Å². The van der Waals surface area contributed by atoms with Crippen LogP contribution in [0.25, 0.3) is 0 Å². The number of halogens is 1. The van der Waals surface area contributed by atoms with E-state index < -0.39 is 0 Å². The molecule has 1 aliphatic carbocycles. The van der Waals surface area contributed by atoms with Crippen molar-refractivity contribution in [3.8, 4) is 5.75 Å². The number of hydrogen-bond donors (Lipinski definition) is 1. The van der Waals surface area contributed by atoms with Gasteiger partial charge in [-0.3, -0.25) is 0 Å². The minimum absolute atomic E-state index is 0.668. The lowest BCUT2D eigenvalue weighted by Crippen LogP contribution is -2.29. The van der Waals surface area contributed by atoms with Crippen LogP contribution in [0.1, 0.15) is 50.5 Å². The summed E-state index contributed by atoms with van der Waals surface area (Å²) in [5.74, 6) is 0.747. The minimum atomic E-state index is 0.668. The molecular weight excluding hydrogens is 258 g/mol. The first-order chi connectivity index (χ1) is 9.29. The number of rotatable bonds is 4. The molecule has 0 aromatic heterocycles. The van der Waals surface area contributed by atoms with Crippen LogP contribution in [0, 0.1) is 0 Å². The van der Waals surface area contributed by atoms with Crippen molar-refractivity contribution in [2.45, 2.75) is 57.5 Å². The van der Waals surface area contributed by atoms with Crippen LogP contribution in [0.4, 0.5) is 0 Å². The van der Waals surface area contributed by atoms with Gasteiger partial charge in [-0.05, 0) is 30.5 Å². The number of ether oxygens (including phenoxy) is 1. The first-order valence-corrected chi connectivity index (χ1v) is 7.73. The molecule has 0 spiro atoms. The van der Waals surface area contributed by atoms with Crippen LogP contribution >= 0.6 is 11.6 Å². The molecule has 0 unspecified atom stereocenters. The second kappa shape index (κ2) is 7.76. The molecule has 1 aliphatic rings. The van der Waals surface area contributed by atoms with Gasteiger partial charge in [-0.1, -0.05) is 49.8 Å². The summed E-state index contributed by atoms with van der Waals surface area (Å²) >= 11 is 6.15. The Hall–Kier alpha value is -0.730. The van der Waals surface area contributed by atoms with Gasteiger partial charge >= 0.3 is 0 Å². The predicted octanol–water partition coefficient (Wildman–Crippen LogP) is 4.55. The first-order valence-electron chi connectivity index (χ1n) is 7.35. The van der Waals surface area contributed by atoms with Gasteiger partial charge in [-0.2, -0.15) is 0 Å². The maximum absolute atomic E-state index is 6.15. The van der Waals surface area contributed by atoms with E-state index in [0.717, 1.165) is 12.3 Å². The van der Waals surface area contributed by atoms with E-state index in [-0.39, 0.29) is 0 Å². The molecule has 3 heteroatoms. The van der Waals surface area contributed by atoms with E-state index >= 15 is 0 Å². The molecule has 1 saturated carbocycles. The molecular formula is C16H24ClNO. The lowest BCUT2D eigenvalue weighted by molar-refractivity contribution is 0.388. The summed E-state index contributed by atoms with van der Waals surface area (Å²) in [4.78, 5) is 0. The lowest BCUT2D eigenvalue weighted by Gasteiger charge is -2.21. The monoisotopic (exact) mass is 281 g/mol. The summed E-state index contributed by atoms with van der Waals surface area (Å²) in [6.45, 7) is 0.897. The van der Waals surface area contributed by atoms with Crippen molar-refractivity contribution in [1.29, 1.82) is 0 Å². The summed E-state index contributed by atoms with van der Waals surface area (Å²) in [5, 5.41) is 4.36. The van der Waals surface area contributed by atoms with Crippen molar-refractivity contribution in [1.82, 2.24) is 5.32 Å².